The molecule has 3 aromatic rings. The highest BCUT2D eigenvalue weighted by Crippen LogP contribution is 2.32. The molecule has 0 saturated carbocycles. The Morgan fingerprint density at radius 2 is 1.21 bits per heavy atom. The van der Waals surface area contributed by atoms with E-state index in [0.717, 1.165) is 0 Å². The van der Waals surface area contributed by atoms with Gasteiger partial charge < -0.3 is 14.6 Å². The number of carbonyl (C=O) groups is 2. The van der Waals surface area contributed by atoms with Gasteiger partial charge in [-0.2, -0.15) is 0 Å². The molecule has 2 N–H and O–H groups in total. The van der Waals surface area contributed by atoms with Crippen LogP contribution in [0.2, 0.25) is 0 Å². The Bertz CT molecular complexity index is 760. The summed E-state index contributed by atoms with van der Waals surface area (Å²) in [6, 6.07) is 9.47. The number of carboxylic acid groups (broad SMARTS) is 2. The molecule has 19 heavy (non-hydrogen) atoms. The highest BCUT2D eigenvalue weighted by molar-refractivity contribution is 6.15. The fraction of sp³-hybridized carbons (Fsp3) is 0. The van der Waals surface area contributed by atoms with Crippen LogP contribution in [-0.4, -0.2) is 22.2 Å². The standard InChI is InChI=1S/C14H8O5/c15-13(16)9-5-1-3-7-8-4-2-6-10(14(17)18)12(8)19-11(7)9/h1-6H,(H,15,16)(H,17,18). The van der Waals surface area contributed by atoms with Crippen LogP contribution in [0.3, 0.4) is 0 Å². The molecular weight excluding hydrogens is 248 g/mol. The molecule has 0 radical (unpaired) electrons. The van der Waals surface area contributed by atoms with Crippen molar-refractivity contribution >= 4 is 33.9 Å². The van der Waals surface area contributed by atoms with Crippen molar-refractivity contribution in [1.29, 1.82) is 0 Å². The lowest BCUT2D eigenvalue weighted by atomic mass is 10.1. The summed E-state index contributed by atoms with van der Waals surface area (Å²) in [4.78, 5) is 22.3. The second-order valence-electron chi connectivity index (χ2n) is 4.08. The molecule has 0 saturated heterocycles. The molecule has 0 aliphatic rings. The monoisotopic (exact) mass is 256 g/mol. The van der Waals surface area contributed by atoms with E-state index in [2.05, 4.69) is 0 Å². The molecule has 1 heterocycles. The van der Waals surface area contributed by atoms with Crippen LogP contribution in [0.1, 0.15) is 20.7 Å². The molecular formula is C14H8O5. The molecule has 5 heteroatoms. The maximum absolute atomic E-state index is 11.1. The Hall–Kier alpha value is -2.82. The summed E-state index contributed by atoms with van der Waals surface area (Å²) in [6.45, 7) is 0. The van der Waals surface area contributed by atoms with Crippen molar-refractivity contribution in [2.24, 2.45) is 0 Å². The zero-order chi connectivity index (χ0) is 13.6. The molecule has 0 amide bonds. The van der Waals surface area contributed by atoms with E-state index in [1.807, 2.05) is 0 Å². The largest absolute Gasteiger partial charge is 0.478 e. The number of hydrogen-bond acceptors (Lipinski definition) is 3. The predicted octanol–water partition coefficient (Wildman–Crippen LogP) is 2.98. The number of para-hydroxylation sites is 2. The van der Waals surface area contributed by atoms with Gasteiger partial charge in [-0.25, -0.2) is 9.59 Å². The first-order chi connectivity index (χ1) is 9.09. The van der Waals surface area contributed by atoms with Gasteiger partial charge in [-0.15, -0.1) is 0 Å². The van der Waals surface area contributed by atoms with Crippen molar-refractivity contribution in [1.82, 2.24) is 0 Å². The van der Waals surface area contributed by atoms with Crippen LogP contribution in [0.4, 0.5) is 0 Å². The maximum atomic E-state index is 11.1. The van der Waals surface area contributed by atoms with E-state index < -0.39 is 11.9 Å². The summed E-state index contributed by atoms with van der Waals surface area (Å²) in [6.07, 6.45) is 0. The minimum Gasteiger partial charge on any atom is -0.478 e. The summed E-state index contributed by atoms with van der Waals surface area (Å²) in [5.41, 5.74) is 0.424. The minimum atomic E-state index is -1.11. The van der Waals surface area contributed by atoms with Gasteiger partial charge >= 0.3 is 11.9 Å². The number of rotatable bonds is 2. The van der Waals surface area contributed by atoms with E-state index in [4.69, 9.17) is 14.6 Å². The number of furan rings is 1. The summed E-state index contributed by atoms with van der Waals surface area (Å²) in [5, 5.41) is 19.4. The van der Waals surface area contributed by atoms with Crippen LogP contribution < -0.4 is 0 Å². The quantitative estimate of drug-likeness (QED) is 0.735. The van der Waals surface area contributed by atoms with Crippen LogP contribution in [0.25, 0.3) is 21.9 Å². The summed E-state index contributed by atoms with van der Waals surface area (Å²) in [7, 11) is 0. The summed E-state index contributed by atoms with van der Waals surface area (Å²) in [5.74, 6) is -2.22. The van der Waals surface area contributed by atoms with Gasteiger partial charge in [0.05, 0.1) is 0 Å². The fourth-order valence-electron chi connectivity index (χ4n) is 2.16. The first kappa shape index (κ1) is 11.3. The number of carboxylic acids is 2. The van der Waals surface area contributed by atoms with Crippen LogP contribution >= 0.6 is 0 Å². The lowest BCUT2D eigenvalue weighted by molar-refractivity contribution is 0.0688. The van der Waals surface area contributed by atoms with Gasteiger partial charge in [-0.05, 0) is 12.1 Å². The summed E-state index contributed by atoms with van der Waals surface area (Å²) >= 11 is 0. The molecule has 0 bridgehead atoms. The minimum absolute atomic E-state index is 0.0186. The Morgan fingerprint density at radius 3 is 1.58 bits per heavy atom. The number of benzene rings is 2. The van der Waals surface area contributed by atoms with Crippen LogP contribution in [0.5, 0.6) is 0 Å². The second-order valence-corrected chi connectivity index (χ2v) is 4.08. The topological polar surface area (TPSA) is 87.7 Å². The third-order valence-electron chi connectivity index (χ3n) is 2.99. The molecule has 0 unspecified atom stereocenters. The molecule has 94 valence electrons. The SMILES string of the molecule is O=C(O)c1cccc2c1oc1c(C(=O)O)cccc12. The number of fused-ring (bicyclic) bond motifs is 3. The smallest absolute Gasteiger partial charge is 0.339 e. The summed E-state index contributed by atoms with van der Waals surface area (Å²) < 4.78 is 5.48. The molecule has 0 aliphatic carbocycles. The average molecular weight is 256 g/mol. The normalized spacial score (nSPS) is 10.9. The van der Waals surface area contributed by atoms with Gasteiger partial charge in [0.25, 0.3) is 0 Å². The lowest BCUT2D eigenvalue weighted by Crippen LogP contribution is -1.95. The van der Waals surface area contributed by atoms with Crippen molar-refractivity contribution in [2.45, 2.75) is 0 Å². The lowest BCUT2D eigenvalue weighted by Gasteiger charge is -1.94. The Labute approximate surface area is 106 Å². The molecule has 0 spiro atoms. The average Bonchev–Trinajstić information content (AvgIpc) is 2.76. The first-order valence-electron chi connectivity index (χ1n) is 5.50. The second kappa shape index (κ2) is 3.84. The molecule has 1 aromatic heterocycles. The maximum Gasteiger partial charge on any atom is 0.339 e. The molecule has 5 nitrogen and oxygen atoms in total. The van der Waals surface area contributed by atoms with E-state index in [9.17, 15) is 9.59 Å². The van der Waals surface area contributed by atoms with Crippen molar-refractivity contribution in [3.05, 3.63) is 47.5 Å². The molecule has 3 rings (SSSR count). The van der Waals surface area contributed by atoms with Gasteiger partial charge in [-0.3, -0.25) is 0 Å². The van der Waals surface area contributed by atoms with E-state index >= 15 is 0 Å². The molecule has 0 atom stereocenters. The zero-order valence-electron chi connectivity index (χ0n) is 9.58. The van der Waals surface area contributed by atoms with E-state index in [-0.39, 0.29) is 22.3 Å². The molecule has 2 aromatic carbocycles. The highest BCUT2D eigenvalue weighted by atomic mass is 16.4. The third kappa shape index (κ3) is 1.55. The van der Waals surface area contributed by atoms with Crippen LogP contribution in [-0.2, 0) is 0 Å². The van der Waals surface area contributed by atoms with Crippen LogP contribution in [0.15, 0.2) is 40.8 Å². The van der Waals surface area contributed by atoms with Gasteiger partial charge in [0, 0.05) is 10.8 Å². The van der Waals surface area contributed by atoms with Crippen molar-refractivity contribution in [3.8, 4) is 0 Å². The first-order valence-corrected chi connectivity index (χ1v) is 5.50. The van der Waals surface area contributed by atoms with Crippen LogP contribution in [0, 0.1) is 0 Å². The van der Waals surface area contributed by atoms with Gasteiger partial charge in [0.15, 0.2) is 0 Å². The van der Waals surface area contributed by atoms with Gasteiger partial charge in [-0.1, -0.05) is 24.3 Å². The number of hydrogen-bond donors (Lipinski definition) is 2. The van der Waals surface area contributed by atoms with Crippen molar-refractivity contribution in [2.75, 3.05) is 0 Å². The van der Waals surface area contributed by atoms with E-state index in [0.29, 0.717) is 10.8 Å². The van der Waals surface area contributed by atoms with Gasteiger partial charge in [0.2, 0.25) is 0 Å². The zero-order valence-corrected chi connectivity index (χ0v) is 9.58. The van der Waals surface area contributed by atoms with Gasteiger partial charge in [0.1, 0.15) is 22.3 Å². The fourth-order valence-corrected chi connectivity index (χ4v) is 2.16. The number of aromatic carboxylic acids is 2. The van der Waals surface area contributed by atoms with Crippen molar-refractivity contribution in [3.63, 3.8) is 0 Å². The highest BCUT2D eigenvalue weighted by Gasteiger charge is 2.18. The van der Waals surface area contributed by atoms with E-state index in [1.54, 1.807) is 24.3 Å². The Morgan fingerprint density at radius 1 is 0.789 bits per heavy atom. The Kier molecular flexibility index (Phi) is 2.28. The predicted molar refractivity (Wildman–Crippen MR) is 67.6 cm³/mol. The van der Waals surface area contributed by atoms with E-state index in [1.165, 1.54) is 12.1 Å². The molecule has 0 fully saturated rings. The van der Waals surface area contributed by atoms with Crippen molar-refractivity contribution < 1.29 is 24.2 Å². The molecule has 0 aliphatic heterocycles. The Balaban J connectivity index is 2.51. The third-order valence-corrected chi connectivity index (χ3v) is 2.99.